The van der Waals surface area contributed by atoms with E-state index in [1.807, 2.05) is 38.1 Å². The maximum absolute atomic E-state index is 14.8. The van der Waals surface area contributed by atoms with Crippen LogP contribution in [0, 0.1) is 17.8 Å². The molecule has 3 saturated heterocycles. The van der Waals surface area contributed by atoms with Gasteiger partial charge in [-0.25, -0.2) is 0 Å². The molecule has 0 radical (unpaired) electrons. The van der Waals surface area contributed by atoms with Gasteiger partial charge in [0.15, 0.2) is 0 Å². The van der Waals surface area contributed by atoms with Gasteiger partial charge in [0.1, 0.15) is 17.7 Å². The molecule has 1 aromatic carbocycles. The Morgan fingerprint density at radius 3 is 2.36 bits per heavy atom. The number of amides is 3. The predicted molar refractivity (Wildman–Crippen MR) is 181 cm³/mol. The summed E-state index contributed by atoms with van der Waals surface area (Å²) in [4.78, 5) is 60.4. The van der Waals surface area contributed by atoms with Crippen molar-refractivity contribution in [2.45, 2.75) is 90.2 Å². The molecule has 1 aromatic rings. The number of rotatable bonds is 17. The summed E-state index contributed by atoms with van der Waals surface area (Å²) >= 11 is 0. The summed E-state index contributed by atoms with van der Waals surface area (Å²) in [6.45, 7) is 18.8. The number of hydrogen-bond acceptors (Lipinski definition) is 8. The van der Waals surface area contributed by atoms with Crippen LogP contribution in [-0.4, -0.2) is 96.4 Å². The first kappa shape index (κ1) is 36.1. The number of aliphatic hydroxyl groups excluding tert-OH is 1. The molecule has 3 aliphatic heterocycles. The van der Waals surface area contributed by atoms with Gasteiger partial charge in [-0.2, -0.15) is 0 Å². The molecule has 11 heteroatoms. The van der Waals surface area contributed by atoms with E-state index in [0.29, 0.717) is 24.9 Å². The van der Waals surface area contributed by atoms with Crippen molar-refractivity contribution in [3.05, 3.63) is 49.6 Å². The second kappa shape index (κ2) is 15.5. The summed E-state index contributed by atoms with van der Waals surface area (Å²) in [6, 6.07) is 6.00. The van der Waals surface area contributed by atoms with E-state index in [0.717, 1.165) is 18.8 Å². The summed E-state index contributed by atoms with van der Waals surface area (Å²) in [7, 11) is 0. The van der Waals surface area contributed by atoms with E-state index >= 15 is 0 Å². The topological polar surface area (TPSA) is 129 Å². The Labute approximate surface area is 278 Å². The van der Waals surface area contributed by atoms with Crippen molar-refractivity contribution in [3.63, 3.8) is 0 Å². The van der Waals surface area contributed by atoms with Gasteiger partial charge >= 0.3 is 5.97 Å². The average Bonchev–Trinajstić information content (AvgIpc) is 3.70. The Balaban J connectivity index is 1.66. The first-order valence-electron chi connectivity index (χ1n) is 17.0. The van der Waals surface area contributed by atoms with Gasteiger partial charge in [0, 0.05) is 37.4 Å². The number of anilines is 2. The number of likely N-dealkylation sites (tertiary alicyclic amines) is 1. The Morgan fingerprint density at radius 2 is 1.79 bits per heavy atom. The molecule has 0 unspecified atom stereocenters. The standard InChI is InChI=1S/C36H52N4O7/c1-8-12-13-29(42)37-21-24(7)46-35(45)30-28-18-19-36(47-28)31(30)33(43)40(27(22-41)23(5)6)32(36)34(44)39(20-9-2)26-16-14-25(15-17-26)38(10-3)11-4/h8-9,14-17,23-24,27-28,30-32,41H,1-2,10-13,18-22H2,3-7H3,(H,37,42)/t24-,27+,28-,30+,31+,32-,36+/m1/s1. The minimum absolute atomic E-state index is 0.125. The summed E-state index contributed by atoms with van der Waals surface area (Å²) in [6.07, 6.45) is 3.81. The lowest BCUT2D eigenvalue weighted by molar-refractivity contribution is -0.160. The number of ether oxygens (including phenoxy) is 2. The first-order chi connectivity index (χ1) is 22.5. The first-order valence-corrected chi connectivity index (χ1v) is 17.0. The highest BCUT2D eigenvalue weighted by atomic mass is 16.6. The molecule has 0 aromatic heterocycles. The second-order valence-electron chi connectivity index (χ2n) is 13.1. The molecule has 2 bridgehead atoms. The number of fused-ring (bicyclic) bond motifs is 1. The highest BCUT2D eigenvalue weighted by Crippen LogP contribution is 2.59. The van der Waals surface area contributed by atoms with Gasteiger partial charge in [-0.3, -0.25) is 19.2 Å². The van der Waals surface area contributed by atoms with Gasteiger partial charge < -0.3 is 34.6 Å². The molecule has 0 saturated carbocycles. The number of hydrogen-bond donors (Lipinski definition) is 2. The Bertz CT molecular complexity index is 1310. The lowest BCUT2D eigenvalue weighted by Gasteiger charge is -2.40. The van der Waals surface area contributed by atoms with E-state index in [1.54, 1.807) is 24.0 Å². The maximum Gasteiger partial charge on any atom is 0.312 e. The van der Waals surface area contributed by atoms with E-state index < -0.39 is 47.7 Å². The number of nitrogens with one attached hydrogen (secondary N) is 1. The van der Waals surface area contributed by atoms with Crippen LogP contribution in [0.4, 0.5) is 11.4 Å². The monoisotopic (exact) mass is 652 g/mol. The number of aliphatic hydroxyl groups is 1. The molecule has 2 N–H and O–H groups in total. The third-order valence-electron chi connectivity index (χ3n) is 9.91. The Hall–Kier alpha value is -3.70. The van der Waals surface area contributed by atoms with Gasteiger partial charge in [-0.15, -0.1) is 13.2 Å². The number of esters is 1. The molecular weight excluding hydrogens is 600 g/mol. The molecule has 3 amide bonds. The van der Waals surface area contributed by atoms with Gasteiger partial charge in [0.05, 0.1) is 37.1 Å². The van der Waals surface area contributed by atoms with Crippen LogP contribution in [0.2, 0.25) is 0 Å². The molecular formula is C36H52N4O7. The third-order valence-corrected chi connectivity index (χ3v) is 9.91. The highest BCUT2D eigenvalue weighted by molar-refractivity contribution is 6.05. The van der Waals surface area contributed by atoms with Crippen LogP contribution in [0.25, 0.3) is 0 Å². The van der Waals surface area contributed by atoms with Crippen LogP contribution < -0.4 is 15.1 Å². The third kappa shape index (κ3) is 6.97. The van der Waals surface area contributed by atoms with Crippen molar-refractivity contribution < 1.29 is 33.8 Å². The molecule has 3 fully saturated rings. The van der Waals surface area contributed by atoms with E-state index in [-0.39, 0.29) is 49.8 Å². The van der Waals surface area contributed by atoms with Crippen LogP contribution in [0.3, 0.4) is 0 Å². The molecule has 47 heavy (non-hydrogen) atoms. The van der Waals surface area contributed by atoms with Gasteiger partial charge in [0.2, 0.25) is 11.8 Å². The van der Waals surface area contributed by atoms with Gasteiger partial charge in [-0.1, -0.05) is 26.0 Å². The van der Waals surface area contributed by atoms with Crippen LogP contribution in [0.15, 0.2) is 49.6 Å². The van der Waals surface area contributed by atoms with E-state index in [9.17, 15) is 24.3 Å². The fraction of sp³-hybridized carbons (Fsp3) is 0.611. The van der Waals surface area contributed by atoms with Gasteiger partial charge in [0.25, 0.3) is 5.91 Å². The fourth-order valence-corrected chi connectivity index (χ4v) is 7.54. The van der Waals surface area contributed by atoms with Crippen molar-refractivity contribution in [1.29, 1.82) is 0 Å². The number of benzene rings is 1. The normalized spacial score (nSPS) is 25.7. The van der Waals surface area contributed by atoms with Crippen molar-refractivity contribution in [3.8, 4) is 0 Å². The quantitative estimate of drug-likeness (QED) is 0.194. The largest absolute Gasteiger partial charge is 0.460 e. The molecule has 3 heterocycles. The van der Waals surface area contributed by atoms with Crippen molar-refractivity contribution >= 4 is 35.1 Å². The van der Waals surface area contributed by atoms with E-state index in [1.165, 1.54) is 4.90 Å². The molecule has 7 atom stereocenters. The SMILES string of the molecule is C=CCCC(=O)NC[C@@H](C)OC(=O)[C@@H]1[C@H]2C(=O)N([C@@H](CO)C(C)C)[C@H](C(=O)N(CC=C)c3ccc(N(CC)CC)cc3)[C@]23CC[C@H]1O3. The van der Waals surface area contributed by atoms with Crippen molar-refractivity contribution in [2.75, 3.05) is 42.6 Å². The number of allylic oxidation sites excluding steroid dienone is 1. The molecule has 4 rings (SSSR count). The Kier molecular flexibility index (Phi) is 11.9. The van der Waals surface area contributed by atoms with Crippen molar-refractivity contribution in [2.24, 2.45) is 17.8 Å². The smallest absolute Gasteiger partial charge is 0.312 e. The lowest BCUT2D eigenvalue weighted by atomic mass is 9.70. The van der Waals surface area contributed by atoms with Crippen LogP contribution >= 0.6 is 0 Å². The number of nitrogens with zero attached hydrogens (tertiary/aromatic N) is 3. The summed E-state index contributed by atoms with van der Waals surface area (Å²) in [5.74, 6) is -3.53. The number of carbonyl (C=O) groups excluding carboxylic acids is 4. The van der Waals surface area contributed by atoms with Crippen LogP contribution in [0.1, 0.15) is 60.3 Å². The minimum atomic E-state index is -1.26. The second-order valence-corrected chi connectivity index (χ2v) is 13.1. The summed E-state index contributed by atoms with van der Waals surface area (Å²) in [5.41, 5.74) is 0.426. The van der Waals surface area contributed by atoms with Crippen LogP contribution in [0.5, 0.6) is 0 Å². The Morgan fingerprint density at radius 1 is 1.13 bits per heavy atom. The lowest BCUT2D eigenvalue weighted by Crippen LogP contribution is -2.59. The van der Waals surface area contributed by atoms with E-state index in [4.69, 9.17) is 9.47 Å². The highest BCUT2D eigenvalue weighted by Gasteiger charge is 2.75. The zero-order valence-corrected chi connectivity index (χ0v) is 28.5. The van der Waals surface area contributed by atoms with Crippen LogP contribution in [-0.2, 0) is 28.7 Å². The summed E-state index contributed by atoms with van der Waals surface area (Å²) < 4.78 is 12.4. The van der Waals surface area contributed by atoms with E-state index in [2.05, 4.69) is 37.2 Å². The zero-order valence-electron chi connectivity index (χ0n) is 28.5. The zero-order chi connectivity index (χ0) is 34.5. The molecule has 3 aliphatic rings. The maximum atomic E-state index is 14.8. The predicted octanol–water partition coefficient (Wildman–Crippen LogP) is 3.46. The fourth-order valence-electron chi connectivity index (χ4n) is 7.54. The number of carbonyl (C=O) groups is 4. The molecule has 1 spiro atoms. The minimum Gasteiger partial charge on any atom is -0.460 e. The van der Waals surface area contributed by atoms with Gasteiger partial charge in [-0.05, 0) is 70.2 Å². The molecule has 0 aliphatic carbocycles. The average molecular weight is 653 g/mol. The molecule has 258 valence electrons. The van der Waals surface area contributed by atoms with Crippen molar-refractivity contribution in [1.82, 2.24) is 10.2 Å². The summed E-state index contributed by atoms with van der Waals surface area (Å²) in [5, 5.41) is 13.3. The molecule has 11 nitrogen and oxygen atoms in total.